The highest BCUT2D eigenvalue weighted by molar-refractivity contribution is 7.98. The molecular formula is C30H43N3O5S. The van der Waals surface area contributed by atoms with Gasteiger partial charge in [-0.1, -0.05) is 62.2 Å². The van der Waals surface area contributed by atoms with Crippen molar-refractivity contribution in [2.24, 2.45) is 0 Å². The van der Waals surface area contributed by atoms with Crippen LogP contribution in [0.1, 0.15) is 70.5 Å². The summed E-state index contributed by atoms with van der Waals surface area (Å²) in [4.78, 5) is 42.1. The quantitative estimate of drug-likeness (QED) is 0.268. The van der Waals surface area contributed by atoms with Gasteiger partial charge < -0.3 is 25.4 Å². The van der Waals surface area contributed by atoms with Crippen LogP contribution in [0.4, 0.5) is 4.79 Å². The molecule has 0 fully saturated rings. The Morgan fingerprint density at radius 2 is 1.69 bits per heavy atom. The van der Waals surface area contributed by atoms with E-state index in [9.17, 15) is 19.5 Å². The molecule has 0 aliphatic carbocycles. The highest BCUT2D eigenvalue weighted by Gasteiger charge is 2.36. The number of alkyl carbamates (subject to hydrolysis) is 1. The van der Waals surface area contributed by atoms with Crippen molar-refractivity contribution in [3.8, 4) is 5.75 Å². The third kappa shape index (κ3) is 11.2. The Hall–Kier alpha value is -3.20. The molecule has 0 aliphatic heterocycles. The molecule has 0 aromatic heterocycles. The maximum atomic E-state index is 14.1. The molecular weight excluding hydrogens is 514 g/mol. The summed E-state index contributed by atoms with van der Waals surface area (Å²) < 4.78 is 5.44. The zero-order valence-corrected chi connectivity index (χ0v) is 24.6. The fourth-order valence-corrected chi connectivity index (χ4v) is 4.52. The Morgan fingerprint density at radius 1 is 1.03 bits per heavy atom. The van der Waals surface area contributed by atoms with E-state index in [0.717, 1.165) is 18.4 Å². The summed E-state index contributed by atoms with van der Waals surface area (Å²) in [6.07, 6.45) is 4.17. The molecule has 0 saturated heterocycles. The maximum Gasteiger partial charge on any atom is 0.408 e. The van der Waals surface area contributed by atoms with Crippen molar-refractivity contribution >= 4 is 29.7 Å². The molecule has 0 bridgehead atoms. The highest BCUT2D eigenvalue weighted by Crippen LogP contribution is 2.26. The van der Waals surface area contributed by atoms with Gasteiger partial charge >= 0.3 is 6.09 Å². The summed E-state index contributed by atoms with van der Waals surface area (Å²) in [6, 6.07) is 14.1. The molecule has 2 aromatic carbocycles. The predicted molar refractivity (Wildman–Crippen MR) is 157 cm³/mol. The lowest BCUT2D eigenvalue weighted by atomic mass is 10.0. The molecule has 9 heteroatoms. The summed E-state index contributed by atoms with van der Waals surface area (Å²) in [5.41, 5.74) is 0.789. The number of hydrogen-bond donors (Lipinski definition) is 3. The van der Waals surface area contributed by atoms with Crippen LogP contribution in [0.5, 0.6) is 5.75 Å². The average Bonchev–Trinajstić information content (AvgIpc) is 2.89. The minimum Gasteiger partial charge on any atom is -0.508 e. The number of nitrogens with zero attached hydrogens (tertiary/aromatic N) is 1. The zero-order valence-electron chi connectivity index (χ0n) is 23.7. The monoisotopic (exact) mass is 557 g/mol. The molecule has 3 amide bonds. The van der Waals surface area contributed by atoms with Crippen LogP contribution in [0.15, 0.2) is 54.6 Å². The number of phenolic OH excluding ortho intramolecular Hbond substituents is 1. The van der Waals surface area contributed by atoms with E-state index < -0.39 is 23.8 Å². The highest BCUT2D eigenvalue weighted by atomic mass is 32.2. The third-order valence-corrected chi connectivity index (χ3v) is 6.61. The second kappa shape index (κ2) is 16.0. The fourth-order valence-electron chi connectivity index (χ4n) is 4.05. The topological polar surface area (TPSA) is 108 Å². The number of carbonyl (C=O) groups is 3. The number of ether oxygens (including phenoxy) is 1. The summed E-state index contributed by atoms with van der Waals surface area (Å²) in [5, 5.41) is 15.6. The lowest BCUT2D eigenvalue weighted by molar-refractivity contribution is -0.142. The molecule has 39 heavy (non-hydrogen) atoms. The normalized spacial score (nSPS) is 12.7. The lowest BCUT2D eigenvalue weighted by Crippen LogP contribution is -2.53. The van der Waals surface area contributed by atoms with Crippen molar-refractivity contribution in [3.63, 3.8) is 0 Å². The van der Waals surface area contributed by atoms with E-state index in [1.807, 2.05) is 36.6 Å². The zero-order chi connectivity index (χ0) is 28.8. The van der Waals surface area contributed by atoms with Crippen molar-refractivity contribution in [2.45, 2.75) is 77.6 Å². The van der Waals surface area contributed by atoms with Crippen LogP contribution in [0, 0.1) is 0 Å². The van der Waals surface area contributed by atoms with Crippen LogP contribution in [-0.2, 0) is 20.9 Å². The van der Waals surface area contributed by atoms with Crippen molar-refractivity contribution in [1.29, 1.82) is 0 Å². The number of benzene rings is 2. The van der Waals surface area contributed by atoms with Crippen molar-refractivity contribution in [1.82, 2.24) is 15.5 Å². The predicted octanol–water partition coefficient (Wildman–Crippen LogP) is 5.41. The number of unbranched alkanes of at least 4 members (excludes halogenated alkanes) is 2. The second-order valence-electron chi connectivity index (χ2n) is 10.4. The number of phenols is 1. The van der Waals surface area contributed by atoms with Gasteiger partial charge in [-0.15, -0.1) is 0 Å². The van der Waals surface area contributed by atoms with Crippen LogP contribution < -0.4 is 10.6 Å². The smallest absolute Gasteiger partial charge is 0.408 e. The van der Waals surface area contributed by atoms with Gasteiger partial charge in [-0.05, 0) is 68.9 Å². The number of amides is 3. The van der Waals surface area contributed by atoms with Crippen LogP contribution >= 0.6 is 11.8 Å². The van der Waals surface area contributed by atoms with Gasteiger partial charge in [0.2, 0.25) is 11.8 Å². The van der Waals surface area contributed by atoms with Gasteiger partial charge in [-0.2, -0.15) is 11.8 Å². The van der Waals surface area contributed by atoms with Gasteiger partial charge in [0.15, 0.2) is 0 Å². The average molecular weight is 558 g/mol. The summed E-state index contributed by atoms with van der Waals surface area (Å²) in [5.74, 6) is 0.0173. The summed E-state index contributed by atoms with van der Waals surface area (Å²) >= 11 is 1.57. The number of thioether (sulfide) groups is 1. The maximum absolute atomic E-state index is 14.1. The SMILES string of the molecule is CCCCCN(C(=O)C(CCSC)NC(=O)OC(C)(C)C)C(C(=O)NCc1ccccc1)c1ccc(O)cc1. The standard InChI is InChI=1S/C30H43N3O5S/c1-6-7-11-19-33(28(36)25(18-20-39-5)32-29(37)38-30(2,3)4)26(23-14-16-24(34)17-15-23)27(35)31-21-22-12-9-8-10-13-22/h8-10,12-17,25-26,34H,6-7,11,18-21H2,1-5H3,(H,31,35)(H,32,37). The summed E-state index contributed by atoms with van der Waals surface area (Å²) in [6.45, 7) is 8.00. The first-order chi connectivity index (χ1) is 18.6. The van der Waals surface area contributed by atoms with Gasteiger partial charge in [0.05, 0.1) is 0 Å². The Balaban J connectivity index is 2.43. The van der Waals surface area contributed by atoms with Gasteiger partial charge in [0.25, 0.3) is 0 Å². The van der Waals surface area contributed by atoms with E-state index in [0.29, 0.717) is 37.2 Å². The van der Waals surface area contributed by atoms with Crippen LogP contribution in [0.3, 0.4) is 0 Å². The Bertz CT molecular complexity index is 1040. The molecule has 0 spiro atoms. The first-order valence-corrected chi connectivity index (χ1v) is 14.8. The van der Waals surface area contributed by atoms with Gasteiger partial charge in [0, 0.05) is 13.1 Å². The molecule has 0 radical (unpaired) electrons. The molecule has 2 atom stereocenters. The number of nitrogens with one attached hydrogen (secondary N) is 2. The minimum absolute atomic E-state index is 0.0653. The van der Waals surface area contributed by atoms with E-state index in [1.165, 1.54) is 12.1 Å². The largest absolute Gasteiger partial charge is 0.508 e. The molecule has 2 aromatic rings. The molecule has 2 unspecified atom stereocenters. The fraction of sp³-hybridized carbons (Fsp3) is 0.500. The molecule has 0 aliphatic rings. The Kier molecular flexibility index (Phi) is 13.2. The molecule has 214 valence electrons. The first-order valence-electron chi connectivity index (χ1n) is 13.4. The van der Waals surface area contributed by atoms with Gasteiger partial charge in [-0.3, -0.25) is 9.59 Å². The van der Waals surface area contributed by atoms with Crippen molar-refractivity contribution in [2.75, 3.05) is 18.6 Å². The number of aromatic hydroxyl groups is 1. The van der Waals surface area contributed by atoms with Crippen LogP contribution in [-0.4, -0.2) is 58.1 Å². The number of rotatable bonds is 14. The summed E-state index contributed by atoms with van der Waals surface area (Å²) in [7, 11) is 0. The van der Waals surface area contributed by atoms with Crippen LogP contribution in [0.2, 0.25) is 0 Å². The number of hydrogen-bond acceptors (Lipinski definition) is 6. The molecule has 3 N–H and O–H groups in total. The van der Waals surface area contributed by atoms with E-state index in [1.54, 1.807) is 49.6 Å². The van der Waals surface area contributed by atoms with Gasteiger partial charge in [-0.25, -0.2) is 4.79 Å². The Labute approximate surface area is 236 Å². The first kappa shape index (κ1) is 32.0. The van der Waals surface area contributed by atoms with E-state index >= 15 is 0 Å². The molecule has 0 heterocycles. The Morgan fingerprint density at radius 3 is 2.28 bits per heavy atom. The lowest BCUT2D eigenvalue weighted by Gasteiger charge is -2.34. The molecule has 2 rings (SSSR count). The van der Waals surface area contributed by atoms with E-state index in [-0.39, 0.29) is 17.6 Å². The molecule has 0 saturated carbocycles. The van der Waals surface area contributed by atoms with Gasteiger partial charge in [0.1, 0.15) is 23.4 Å². The van der Waals surface area contributed by atoms with Crippen LogP contribution in [0.25, 0.3) is 0 Å². The second-order valence-corrected chi connectivity index (χ2v) is 11.4. The van der Waals surface area contributed by atoms with Crippen molar-refractivity contribution < 1.29 is 24.2 Å². The molecule has 8 nitrogen and oxygen atoms in total. The van der Waals surface area contributed by atoms with Crippen molar-refractivity contribution in [3.05, 3.63) is 65.7 Å². The van der Waals surface area contributed by atoms with E-state index in [4.69, 9.17) is 4.74 Å². The number of carbonyl (C=O) groups excluding carboxylic acids is 3. The third-order valence-electron chi connectivity index (χ3n) is 5.96. The minimum atomic E-state index is -0.948. The van der Waals surface area contributed by atoms with E-state index in [2.05, 4.69) is 17.6 Å².